The molecule has 1 aromatic carbocycles. The van der Waals surface area contributed by atoms with Crippen molar-refractivity contribution in [3.63, 3.8) is 0 Å². The maximum absolute atomic E-state index is 11.2. The minimum absolute atomic E-state index is 0.0308. The molecule has 0 heterocycles. The van der Waals surface area contributed by atoms with Crippen LogP contribution in [0.25, 0.3) is 0 Å². The standard InChI is InChI=1S/C16H22N2O5/c1-22-13-7-6-11(8-9-18(21)16(20)15(17)19)10-14(13)23-12-4-2-3-5-12/h6-7,10,12,21H,2-5,8-9H2,1H3,(H2,17,19). The molecule has 0 spiro atoms. The topological polar surface area (TPSA) is 102 Å². The van der Waals surface area contributed by atoms with Crippen LogP contribution >= 0.6 is 0 Å². The summed E-state index contributed by atoms with van der Waals surface area (Å²) < 4.78 is 11.3. The van der Waals surface area contributed by atoms with Gasteiger partial charge in [0.05, 0.1) is 19.8 Å². The van der Waals surface area contributed by atoms with Gasteiger partial charge >= 0.3 is 11.8 Å². The van der Waals surface area contributed by atoms with Crippen LogP contribution in [0.15, 0.2) is 18.2 Å². The Kier molecular flexibility index (Phi) is 5.81. The molecule has 1 fully saturated rings. The van der Waals surface area contributed by atoms with Crippen LogP contribution in [0.2, 0.25) is 0 Å². The summed E-state index contributed by atoms with van der Waals surface area (Å²) in [5.74, 6) is -1.01. The summed E-state index contributed by atoms with van der Waals surface area (Å²) in [6.45, 7) is -0.0308. The lowest BCUT2D eigenvalue weighted by Crippen LogP contribution is -2.39. The second kappa shape index (κ2) is 7.82. The van der Waals surface area contributed by atoms with Crippen LogP contribution in [0.4, 0.5) is 0 Å². The third-order valence-corrected chi connectivity index (χ3v) is 3.88. The predicted molar refractivity (Wildman–Crippen MR) is 82.3 cm³/mol. The molecule has 1 aromatic rings. The molecule has 3 N–H and O–H groups in total. The Morgan fingerprint density at radius 3 is 2.61 bits per heavy atom. The number of hydrogen-bond donors (Lipinski definition) is 2. The Labute approximate surface area is 134 Å². The van der Waals surface area contributed by atoms with E-state index in [1.807, 2.05) is 12.1 Å². The number of carbonyl (C=O) groups excluding carboxylic acids is 2. The second-order valence-electron chi connectivity index (χ2n) is 5.55. The molecule has 1 saturated carbocycles. The van der Waals surface area contributed by atoms with Crippen LogP contribution in [0.1, 0.15) is 31.2 Å². The van der Waals surface area contributed by atoms with Crippen molar-refractivity contribution in [1.29, 1.82) is 0 Å². The van der Waals surface area contributed by atoms with E-state index in [2.05, 4.69) is 0 Å². The van der Waals surface area contributed by atoms with E-state index in [4.69, 9.17) is 15.2 Å². The molecule has 1 aliphatic rings. The summed E-state index contributed by atoms with van der Waals surface area (Å²) in [6.07, 6.45) is 4.96. The number of amides is 2. The number of carbonyl (C=O) groups is 2. The van der Waals surface area contributed by atoms with Gasteiger partial charge in [0.15, 0.2) is 11.5 Å². The Hall–Kier alpha value is -2.28. The summed E-state index contributed by atoms with van der Waals surface area (Å²) in [7, 11) is 1.58. The molecule has 0 aromatic heterocycles. The molecule has 0 unspecified atom stereocenters. The molecular weight excluding hydrogens is 300 g/mol. The van der Waals surface area contributed by atoms with E-state index in [-0.39, 0.29) is 12.6 Å². The normalized spacial score (nSPS) is 14.5. The van der Waals surface area contributed by atoms with E-state index in [1.165, 1.54) is 12.8 Å². The van der Waals surface area contributed by atoms with Gasteiger partial charge in [-0.1, -0.05) is 6.07 Å². The summed E-state index contributed by atoms with van der Waals surface area (Å²) in [4.78, 5) is 21.9. The molecule has 0 radical (unpaired) electrons. The number of nitrogens with zero attached hydrogens (tertiary/aromatic N) is 1. The van der Waals surface area contributed by atoms with Gasteiger partial charge in [0, 0.05) is 0 Å². The minimum Gasteiger partial charge on any atom is -0.493 e. The number of nitrogens with two attached hydrogens (primary N) is 1. The minimum atomic E-state index is -1.19. The average molecular weight is 322 g/mol. The van der Waals surface area contributed by atoms with Crippen LogP contribution in [0, 0.1) is 0 Å². The summed E-state index contributed by atoms with van der Waals surface area (Å²) in [5.41, 5.74) is 5.69. The monoisotopic (exact) mass is 322 g/mol. The van der Waals surface area contributed by atoms with E-state index in [1.54, 1.807) is 13.2 Å². The van der Waals surface area contributed by atoms with Crippen LogP contribution in [0.3, 0.4) is 0 Å². The van der Waals surface area contributed by atoms with Gasteiger partial charge in [-0.25, -0.2) is 5.06 Å². The fourth-order valence-electron chi connectivity index (χ4n) is 2.62. The maximum Gasteiger partial charge on any atom is 0.334 e. The van der Waals surface area contributed by atoms with Crippen molar-refractivity contribution in [1.82, 2.24) is 5.06 Å². The van der Waals surface area contributed by atoms with Gasteiger partial charge in [0.1, 0.15) is 0 Å². The molecule has 23 heavy (non-hydrogen) atoms. The number of hydrogen-bond acceptors (Lipinski definition) is 5. The maximum atomic E-state index is 11.2. The van der Waals surface area contributed by atoms with Crippen LogP contribution in [-0.4, -0.2) is 41.8 Å². The molecule has 2 amide bonds. The molecule has 0 aliphatic heterocycles. The highest BCUT2D eigenvalue weighted by Crippen LogP contribution is 2.32. The molecular formula is C16H22N2O5. The van der Waals surface area contributed by atoms with Crippen molar-refractivity contribution in [2.75, 3.05) is 13.7 Å². The summed E-state index contributed by atoms with van der Waals surface area (Å²) in [5, 5.41) is 9.80. The first kappa shape index (κ1) is 17.1. The first-order valence-corrected chi connectivity index (χ1v) is 7.65. The predicted octanol–water partition coefficient (Wildman–Crippen LogP) is 1.26. The molecule has 126 valence electrons. The zero-order valence-electron chi connectivity index (χ0n) is 13.2. The molecule has 7 nitrogen and oxygen atoms in total. The number of rotatable bonds is 6. The Balaban J connectivity index is 2.01. The zero-order valence-corrected chi connectivity index (χ0v) is 13.2. The van der Waals surface area contributed by atoms with Gasteiger partial charge in [-0.05, 0) is 49.8 Å². The number of methoxy groups -OCH3 is 1. The van der Waals surface area contributed by atoms with E-state index in [0.29, 0.717) is 23.0 Å². The zero-order chi connectivity index (χ0) is 16.8. The molecule has 2 rings (SSSR count). The number of primary amides is 1. The van der Waals surface area contributed by atoms with Gasteiger partial charge in [0.25, 0.3) is 0 Å². The Morgan fingerprint density at radius 1 is 1.30 bits per heavy atom. The van der Waals surface area contributed by atoms with Crippen molar-refractivity contribution in [3.05, 3.63) is 23.8 Å². The number of benzene rings is 1. The third-order valence-electron chi connectivity index (χ3n) is 3.88. The first-order chi connectivity index (χ1) is 11.0. The summed E-state index contributed by atoms with van der Waals surface area (Å²) >= 11 is 0. The fraction of sp³-hybridized carbons (Fsp3) is 0.500. The van der Waals surface area contributed by atoms with Gasteiger partial charge in [0.2, 0.25) is 0 Å². The SMILES string of the molecule is COc1ccc(CCN(O)C(=O)C(N)=O)cc1OC1CCCC1. The number of hydroxylamine groups is 2. The highest BCUT2D eigenvalue weighted by molar-refractivity contribution is 6.33. The second-order valence-corrected chi connectivity index (χ2v) is 5.55. The van der Waals surface area contributed by atoms with Gasteiger partial charge in [-0.3, -0.25) is 14.8 Å². The Bertz CT molecular complexity index is 570. The summed E-state index contributed by atoms with van der Waals surface area (Å²) in [6, 6.07) is 5.44. The van der Waals surface area contributed by atoms with E-state index in [0.717, 1.165) is 18.4 Å². The lowest BCUT2D eigenvalue weighted by Gasteiger charge is -2.17. The smallest absolute Gasteiger partial charge is 0.334 e. The van der Waals surface area contributed by atoms with Gasteiger partial charge < -0.3 is 15.2 Å². The van der Waals surface area contributed by atoms with Crippen LogP contribution in [-0.2, 0) is 16.0 Å². The first-order valence-electron chi connectivity index (χ1n) is 7.65. The molecule has 1 aliphatic carbocycles. The van der Waals surface area contributed by atoms with Crippen molar-refractivity contribution in [2.24, 2.45) is 5.73 Å². The van der Waals surface area contributed by atoms with Crippen molar-refractivity contribution in [3.8, 4) is 11.5 Å². The van der Waals surface area contributed by atoms with E-state index >= 15 is 0 Å². The number of ether oxygens (including phenoxy) is 2. The van der Waals surface area contributed by atoms with Crippen molar-refractivity contribution >= 4 is 11.8 Å². The molecule has 7 heteroatoms. The molecule has 0 bridgehead atoms. The van der Waals surface area contributed by atoms with Gasteiger partial charge in [-0.2, -0.15) is 0 Å². The van der Waals surface area contributed by atoms with Crippen molar-refractivity contribution in [2.45, 2.75) is 38.2 Å². The quantitative estimate of drug-likeness (QED) is 0.466. The van der Waals surface area contributed by atoms with E-state index in [9.17, 15) is 14.8 Å². The van der Waals surface area contributed by atoms with Crippen LogP contribution < -0.4 is 15.2 Å². The molecule has 0 saturated heterocycles. The van der Waals surface area contributed by atoms with E-state index < -0.39 is 11.8 Å². The lowest BCUT2D eigenvalue weighted by molar-refractivity contribution is -0.169. The fourth-order valence-corrected chi connectivity index (χ4v) is 2.62. The van der Waals surface area contributed by atoms with Crippen LogP contribution in [0.5, 0.6) is 11.5 Å². The highest BCUT2D eigenvalue weighted by Gasteiger charge is 2.19. The Morgan fingerprint density at radius 2 is 2.00 bits per heavy atom. The van der Waals surface area contributed by atoms with Gasteiger partial charge in [-0.15, -0.1) is 0 Å². The third kappa shape index (κ3) is 4.59. The largest absolute Gasteiger partial charge is 0.493 e. The lowest BCUT2D eigenvalue weighted by atomic mass is 10.1. The highest BCUT2D eigenvalue weighted by atomic mass is 16.5. The van der Waals surface area contributed by atoms with Crippen molar-refractivity contribution < 1.29 is 24.3 Å². The average Bonchev–Trinajstić information content (AvgIpc) is 3.05. The molecule has 0 atom stereocenters.